The van der Waals surface area contributed by atoms with Gasteiger partial charge < -0.3 is 10.2 Å². The third-order valence-corrected chi connectivity index (χ3v) is 6.68. The van der Waals surface area contributed by atoms with Crippen molar-refractivity contribution < 1.29 is 8.42 Å². The van der Waals surface area contributed by atoms with Gasteiger partial charge in [0.15, 0.2) is 9.84 Å². The van der Waals surface area contributed by atoms with Crippen molar-refractivity contribution in [2.45, 2.75) is 33.2 Å². The van der Waals surface area contributed by atoms with E-state index in [4.69, 9.17) is 11.6 Å². The van der Waals surface area contributed by atoms with Gasteiger partial charge in [-0.05, 0) is 44.4 Å². The molecule has 1 aliphatic rings. The van der Waals surface area contributed by atoms with Gasteiger partial charge in [0.2, 0.25) is 0 Å². The van der Waals surface area contributed by atoms with Gasteiger partial charge in [-0.2, -0.15) is 0 Å². The van der Waals surface area contributed by atoms with Crippen LogP contribution in [0.15, 0.2) is 18.2 Å². The Hall–Kier alpha value is -1.86. The minimum absolute atomic E-state index is 0.0631. The van der Waals surface area contributed by atoms with E-state index >= 15 is 0 Å². The first-order valence-electron chi connectivity index (χ1n) is 8.47. The molecule has 1 atom stereocenters. The van der Waals surface area contributed by atoms with Crippen LogP contribution in [0, 0.1) is 20.8 Å². The van der Waals surface area contributed by atoms with E-state index in [-0.39, 0.29) is 17.5 Å². The normalized spacial score (nSPS) is 18.7. The van der Waals surface area contributed by atoms with Gasteiger partial charge in [-0.25, -0.2) is 18.4 Å². The van der Waals surface area contributed by atoms with Crippen molar-refractivity contribution in [2.24, 2.45) is 0 Å². The number of nitrogens with zero attached hydrogens (tertiary/aromatic N) is 3. The summed E-state index contributed by atoms with van der Waals surface area (Å²) in [6.45, 7) is 5.81. The van der Waals surface area contributed by atoms with Gasteiger partial charge in [0.05, 0.1) is 22.2 Å². The molecular formula is C18H23ClN4O2S. The summed E-state index contributed by atoms with van der Waals surface area (Å²) in [6, 6.07) is 5.72. The maximum absolute atomic E-state index is 11.8. The average Bonchev–Trinajstić information content (AvgIpc) is 2.89. The van der Waals surface area contributed by atoms with Crippen LogP contribution in [0.25, 0.3) is 0 Å². The van der Waals surface area contributed by atoms with Crippen LogP contribution < -0.4 is 10.2 Å². The monoisotopic (exact) mass is 394 g/mol. The molecule has 1 unspecified atom stereocenters. The van der Waals surface area contributed by atoms with Crippen molar-refractivity contribution in [1.29, 1.82) is 0 Å². The molecule has 1 saturated heterocycles. The minimum atomic E-state index is -2.95. The zero-order valence-corrected chi connectivity index (χ0v) is 16.9. The number of benzene rings is 1. The van der Waals surface area contributed by atoms with Crippen LogP contribution in [0.3, 0.4) is 0 Å². The average molecular weight is 395 g/mol. The molecule has 2 aromatic rings. The first kappa shape index (κ1) is 18.9. The highest BCUT2D eigenvalue weighted by atomic mass is 35.5. The van der Waals surface area contributed by atoms with Gasteiger partial charge in [0.25, 0.3) is 0 Å². The summed E-state index contributed by atoms with van der Waals surface area (Å²) in [5.74, 6) is 2.34. The van der Waals surface area contributed by atoms with Crippen LogP contribution in [0.1, 0.15) is 23.4 Å². The number of aryl methyl sites for hydroxylation is 3. The van der Waals surface area contributed by atoms with E-state index in [2.05, 4.69) is 21.4 Å². The Morgan fingerprint density at radius 1 is 1.19 bits per heavy atom. The highest BCUT2D eigenvalue weighted by Crippen LogP contribution is 2.31. The number of anilines is 3. The lowest BCUT2D eigenvalue weighted by atomic mass is 10.1. The summed E-state index contributed by atoms with van der Waals surface area (Å²) >= 11 is 6.38. The molecule has 0 saturated carbocycles. The Morgan fingerprint density at radius 2 is 1.92 bits per heavy atom. The lowest BCUT2D eigenvalue weighted by Crippen LogP contribution is -2.33. The number of aromatic nitrogens is 2. The smallest absolute Gasteiger partial charge is 0.152 e. The second kappa shape index (κ2) is 7.04. The molecule has 1 aromatic heterocycles. The van der Waals surface area contributed by atoms with Crippen LogP contribution in [0.4, 0.5) is 17.3 Å². The molecule has 0 radical (unpaired) electrons. The second-order valence-corrected chi connectivity index (χ2v) is 9.53. The molecule has 3 rings (SSSR count). The molecule has 2 heterocycles. The minimum Gasteiger partial charge on any atom is -0.355 e. The number of rotatable bonds is 4. The summed E-state index contributed by atoms with van der Waals surface area (Å²) < 4.78 is 23.5. The summed E-state index contributed by atoms with van der Waals surface area (Å²) in [4.78, 5) is 10.8. The number of sulfone groups is 1. The molecule has 1 aliphatic heterocycles. The van der Waals surface area contributed by atoms with Crippen molar-refractivity contribution in [3.63, 3.8) is 0 Å². The molecule has 1 N–H and O–H groups in total. The summed E-state index contributed by atoms with van der Waals surface area (Å²) in [5.41, 5.74) is 2.94. The van der Waals surface area contributed by atoms with Crippen molar-refractivity contribution in [1.82, 2.24) is 9.97 Å². The maximum Gasteiger partial charge on any atom is 0.152 e. The van der Waals surface area contributed by atoms with Crippen molar-refractivity contribution in [3.8, 4) is 0 Å². The molecule has 1 fully saturated rings. The largest absolute Gasteiger partial charge is 0.355 e. The fourth-order valence-corrected chi connectivity index (χ4v) is 5.41. The lowest BCUT2D eigenvalue weighted by Gasteiger charge is -2.25. The third-order valence-electron chi connectivity index (χ3n) is 4.63. The zero-order valence-electron chi connectivity index (χ0n) is 15.4. The molecule has 0 bridgehead atoms. The van der Waals surface area contributed by atoms with E-state index in [0.29, 0.717) is 28.9 Å². The fraction of sp³-hybridized carbons (Fsp3) is 0.444. The molecule has 6 nitrogen and oxygen atoms in total. The summed E-state index contributed by atoms with van der Waals surface area (Å²) in [6.07, 6.45) is 0.619. The number of nitrogens with one attached hydrogen (secondary N) is 1. The van der Waals surface area contributed by atoms with Crippen molar-refractivity contribution >= 4 is 38.8 Å². The third kappa shape index (κ3) is 4.10. The van der Waals surface area contributed by atoms with Crippen molar-refractivity contribution in [2.75, 3.05) is 28.8 Å². The molecule has 0 spiro atoms. The Morgan fingerprint density at radius 3 is 2.54 bits per heavy atom. The summed E-state index contributed by atoms with van der Waals surface area (Å²) in [5, 5.41) is 3.92. The quantitative estimate of drug-likeness (QED) is 0.856. The van der Waals surface area contributed by atoms with Crippen LogP contribution in [0.5, 0.6) is 0 Å². The van der Waals surface area contributed by atoms with Gasteiger partial charge in [0, 0.05) is 19.2 Å². The van der Waals surface area contributed by atoms with Crippen molar-refractivity contribution in [3.05, 3.63) is 40.2 Å². The van der Waals surface area contributed by atoms with Gasteiger partial charge in [0.1, 0.15) is 17.5 Å². The van der Waals surface area contributed by atoms with E-state index < -0.39 is 9.84 Å². The molecule has 1 aromatic carbocycles. The highest BCUT2D eigenvalue weighted by molar-refractivity contribution is 7.91. The van der Waals surface area contributed by atoms with E-state index in [1.54, 1.807) is 0 Å². The molecule has 26 heavy (non-hydrogen) atoms. The topological polar surface area (TPSA) is 75.2 Å². The Balaban J connectivity index is 1.89. The van der Waals surface area contributed by atoms with E-state index in [0.717, 1.165) is 16.8 Å². The Labute approximate surface area is 159 Å². The van der Waals surface area contributed by atoms with Gasteiger partial charge in [-0.1, -0.05) is 17.7 Å². The lowest BCUT2D eigenvalue weighted by molar-refractivity contribution is 0.600. The Kier molecular flexibility index (Phi) is 5.12. The molecule has 0 aliphatic carbocycles. The Bertz CT molecular complexity index is 923. The van der Waals surface area contributed by atoms with E-state index in [9.17, 15) is 8.42 Å². The van der Waals surface area contributed by atoms with Crippen LogP contribution >= 0.6 is 11.6 Å². The fourth-order valence-electron chi connectivity index (χ4n) is 3.27. The van der Waals surface area contributed by atoms with Crippen LogP contribution in [-0.2, 0) is 9.84 Å². The predicted octanol–water partition coefficient (Wildman–Crippen LogP) is 3.42. The highest BCUT2D eigenvalue weighted by Gasteiger charge is 2.31. The number of hydrogen-bond acceptors (Lipinski definition) is 6. The number of halogens is 1. The second-order valence-electron chi connectivity index (χ2n) is 6.89. The maximum atomic E-state index is 11.8. The summed E-state index contributed by atoms with van der Waals surface area (Å²) in [7, 11) is -1.07. The van der Waals surface area contributed by atoms with E-state index in [1.807, 2.05) is 44.9 Å². The van der Waals surface area contributed by atoms with E-state index in [1.165, 1.54) is 0 Å². The standard InChI is InChI=1S/C18H23ClN4O2S/c1-11-7-12(2)18(15(19)8-11)22-16-9-17(21-13(3)20-16)23(4)14-5-6-26(24,25)10-14/h7-9,14H,5-6,10H2,1-4H3,(H,20,21,22). The SMILES string of the molecule is Cc1cc(C)c(Nc2cc(N(C)C3CCS(=O)(=O)C3)nc(C)n2)c(Cl)c1. The number of hydrogen-bond donors (Lipinski definition) is 1. The van der Waals surface area contributed by atoms with Crippen LogP contribution in [-0.4, -0.2) is 43.0 Å². The first-order valence-corrected chi connectivity index (χ1v) is 10.7. The first-order chi connectivity index (χ1) is 12.1. The molecule has 0 amide bonds. The van der Waals surface area contributed by atoms with Gasteiger partial charge in [-0.3, -0.25) is 0 Å². The van der Waals surface area contributed by atoms with Crippen LogP contribution in [0.2, 0.25) is 5.02 Å². The van der Waals surface area contributed by atoms with Gasteiger partial charge >= 0.3 is 0 Å². The zero-order chi connectivity index (χ0) is 19.1. The molecule has 140 valence electrons. The molecule has 8 heteroatoms. The molecular weight excluding hydrogens is 372 g/mol. The predicted molar refractivity (Wildman–Crippen MR) is 106 cm³/mol. The van der Waals surface area contributed by atoms with Gasteiger partial charge in [-0.15, -0.1) is 0 Å².